The quantitative estimate of drug-likeness (QED) is 0.230. The summed E-state index contributed by atoms with van der Waals surface area (Å²) in [5, 5.41) is 13.8. The van der Waals surface area contributed by atoms with Gasteiger partial charge in [0, 0.05) is 20.5 Å². The van der Waals surface area contributed by atoms with Crippen molar-refractivity contribution in [2.24, 2.45) is 11.0 Å². The molecule has 0 bridgehead atoms. The molecule has 0 fully saturated rings. The molecule has 0 radical (unpaired) electrons. The van der Waals surface area contributed by atoms with Crippen LogP contribution in [0.15, 0.2) is 46.3 Å². The average molecular weight is 587 g/mol. The zero-order chi connectivity index (χ0) is 27.5. The number of hydrogen-bond acceptors (Lipinski definition) is 8. The van der Waals surface area contributed by atoms with Crippen molar-refractivity contribution >= 4 is 56.9 Å². The molecule has 2 heterocycles. The lowest BCUT2D eigenvalue weighted by molar-refractivity contribution is -0.121. The molecular weight excluding hydrogens is 561 g/mol. The summed E-state index contributed by atoms with van der Waals surface area (Å²) in [4.78, 5) is 27.4. The van der Waals surface area contributed by atoms with Gasteiger partial charge in [-0.05, 0) is 66.6 Å². The van der Waals surface area contributed by atoms with E-state index in [-0.39, 0.29) is 18.7 Å². The number of benzene rings is 2. The van der Waals surface area contributed by atoms with Gasteiger partial charge in [0.15, 0.2) is 16.3 Å². The highest BCUT2D eigenvalue weighted by molar-refractivity contribution is 7.18. The lowest BCUT2D eigenvalue weighted by atomic mass is 9.89. The van der Waals surface area contributed by atoms with Gasteiger partial charge in [-0.1, -0.05) is 41.4 Å². The molecule has 0 aliphatic heterocycles. The third-order valence-corrected chi connectivity index (χ3v) is 8.35. The van der Waals surface area contributed by atoms with E-state index in [0.29, 0.717) is 48.8 Å². The van der Waals surface area contributed by atoms with Gasteiger partial charge in [0.25, 0.3) is 11.5 Å². The molecule has 4 aromatic rings. The first-order valence-corrected chi connectivity index (χ1v) is 13.8. The molecule has 9 nitrogen and oxygen atoms in total. The molecule has 1 atom stereocenters. The largest absolute Gasteiger partial charge is 0.493 e. The summed E-state index contributed by atoms with van der Waals surface area (Å²) in [6.07, 6.45) is 4.28. The van der Waals surface area contributed by atoms with Crippen molar-refractivity contribution in [1.82, 2.24) is 20.4 Å². The normalized spacial score (nSPS) is 14.9. The van der Waals surface area contributed by atoms with Gasteiger partial charge < -0.3 is 9.47 Å². The van der Waals surface area contributed by atoms with Gasteiger partial charge in [-0.15, -0.1) is 16.4 Å². The summed E-state index contributed by atoms with van der Waals surface area (Å²) >= 11 is 14.0. The van der Waals surface area contributed by atoms with Gasteiger partial charge in [-0.25, -0.2) is 10.1 Å². The Hall–Kier alpha value is -3.47. The lowest BCUT2D eigenvalue weighted by Gasteiger charge is -2.17. The molecule has 1 amide bonds. The van der Waals surface area contributed by atoms with Crippen molar-refractivity contribution < 1.29 is 14.3 Å². The number of amides is 1. The minimum Gasteiger partial charge on any atom is -0.493 e. The smallest absolute Gasteiger partial charge is 0.279 e. The van der Waals surface area contributed by atoms with Crippen LogP contribution in [0.4, 0.5) is 0 Å². The Balaban J connectivity index is 1.23. The standard InChI is InChI=1S/C27H25Cl2N5O4S/c1-15-6-8-17-23(10-15)39-26-25(17)27(36)34(33-32-26)13-24(35)31-30-12-16-7-9-21(22(11-16)37-2)38-14-18-19(28)4-3-5-20(18)29/h3-5,7,9,11-12,15H,6,8,10,13-14H2,1-2H3,(H,31,35)/b30-12+. The van der Waals surface area contributed by atoms with E-state index in [9.17, 15) is 9.59 Å². The van der Waals surface area contributed by atoms with Crippen LogP contribution in [0.1, 0.15) is 34.9 Å². The number of nitrogens with one attached hydrogen (secondary N) is 1. The van der Waals surface area contributed by atoms with Crippen LogP contribution in [-0.4, -0.2) is 34.2 Å². The minimum atomic E-state index is -0.497. The van der Waals surface area contributed by atoms with Crippen LogP contribution in [0.3, 0.4) is 0 Å². The Labute approximate surface area is 238 Å². The van der Waals surface area contributed by atoms with Crippen LogP contribution < -0.4 is 20.5 Å². The average Bonchev–Trinajstić information content (AvgIpc) is 3.28. The van der Waals surface area contributed by atoms with Crippen LogP contribution in [0.25, 0.3) is 10.2 Å². The van der Waals surface area contributed by atoms with E-state index >= 15 is 0 Å². The molecule has 2 aromatic heterocycles. The van der Waals surface area contributed by atoms with E-state index in [1.54, 1.807) is 36.4 Å². The Bertz CT molecular complexity index is 1610. The van der Waals surface area contributed by atoms with Crippen molar-refractivity contribution in [3.63, 3.8) is 0 Å². The third kappa shape index (κ3) is 5.93. The van der Waals surface area contributed by atoms with E-state index in [2.05, 4.69) is 27.8 Å². The van der Waals surface area contributed by atoms with E-state index in [1.165, 1.54) is 29.5 Å². The summed E-state index contributed by atoms with van der Waals surface area (Å²) in [6.45, 7) is 2.08. The molecule has 5 rings (SSSR count). The van der Waals surface area contributed by atoms with Gasteiger partial charge in [-0.3, -0.25) is 9.59 Å². The zero-order valence-electron chi connectivity index (χ0n) is 21.2. The molecule has 1 N–H and O–H groups in total. The van der Waals surface area contributed by atoms with Crippen LogP contribution in [0.2, 0.25) is 10.0 Å². The first kappa shape index (κ1) is 27.1. The van der Waals surface area contributed by atoms with Crippen molar-refractivity contribution in [3.05, 3.63) is 78.4 Å². The molecule has 39 heavy (non-hydrogen) atoms. The fraction of sp³-hybridized carbons (Fsp3) is 0.296. The highest BCUT2D eigenvalue weighted by Crippen LogP contribution is 2.35. The molecular formula is C27H25Cl2N5O4S. The molecule has 1 aliphatic carbocycles. The zero-order valence-corrected chi connectivity index (χ0v) is 23.6. The van der Waals surface area contributed by atoms with Gasteiger partial charge in [-0.2, -0.15) is 5.10 Å². The number of carbonyl (C=O) groups excluding carboxylic acids is 1. The van der Waals surface area contributed by atoms with E-state index < -0.39 is 5.91 Å². The SMILES string of the molecule is COc1cc(/C=N/NC(=O)Cn2nnc3sc4c(c3c2=O)CCC(C)C4)ccc1OCc1c(Cl)cccc1Cl. The first-order valence-electron chi connectivity index (χ1n) is 12.3. The Kier molecular flexibility index (Phi) is 8.15. The van der Waals surface area contributed by atoms with E-state index in [0.717, 1.165) is 29.5 Å². The monoisotopic (exact) mass is 585 g/mol. The highest BCUT2D eigenvalue weighted by atomic mass is 35.5. The maximum Gasteiger partial charge on any atom is 0.279 e. The number of aryl methyl sites for hydroxylation is 1. The van der Waals surface area contributed by atoms with Crippen LogP contribution in [0.5, 0.6) is 11.5 Å². The number of aromatic nitrogens is 3. The number of hydrazone groups is 1. The molecule has 0 saturated carbocycles. The first-order chi connectivity index (χ1) is 18.8. The molecule has 0 spiro atoms. The number of thiophene rings is 1. The fourth-order valence-electron chi connectivity index (χ4n) is 4.45. The molecule has 2 aromatic carbocycles. The topological polar surface area (TPSA) is 108 Å². The number of hydrogen-bond donors (Lipinski definition) is 1. The Morgan fingerprint density at radius 1 is 1.26 bits per heavy atom. The maximum absolute atomic E-state index is 13.1. The summed E-state index contributed by atoms with van der Waals surface area (Å²) in [7, 11) is 1.52. The minimum absolute atomic E-state index is 0.166. The van der Waals surface area contributed by atoms with Gasteiger partial charge in [0.2, 0.25) is 0 Å². The molecule has 1 aliphatic rings. The number of ether oxygens (including phenoxy) is 2. The third-order valence-electron chi connectivity index (χ3n) is 6.50. The van der Waals surface area contributed by atoms with E-state index in [1.807, 2.05) is 0 Å². The van der Waals surface area contributed by atoms with Crippen molar-refractivity contribution in [1.29, 1.82) is 0 Å². The number of carbonyl (C=O) groups is 1. The van der Waals surface area contributed by atoms with Crippen LogP contribution in [0, 0.1) is 5.92 Å². The number of rotatable bonds is 8. The summed E-state index contributed by atoms with van der Waals surface area (Å²) in [6, 6.07) is 10.4. The molecule has 202 valence electrons. The van der Waals surface area contributed by atoms with Gasteiger partial charge >= 0.3 is 0 Å². The second kappa shape index (κ2) is 11.7. The van der Waals surface area contributed by atoms with Gasteiger partial charge in [0.05, 0.1) is 18.7 Å². The second-order valence-corrected chi connectivity index (χ2v) is 11.2. The number of nitrogens with zero attached hydrogens (tertiary/aromatic N) is 4. The van der Waals surface area contributed by atoms with Gasteiger partial charge in [0.1, 0.15) is 13.2 Å². The summed E-state index contributed by atoms with van der Waals surface area (Å²) < 4.78 is 12.4. The molecule has 12 heteroatoms. The van der Waals surface area contributed by atoms with Crippen molar-refractivity contribution in [2.45, 2.75) is 39.3 Å². The van der Waals surface area contributed by atoms with Crippen molar-refractivity contribution in [2.75, 3.05) is 7.11 Å². The predicted molar refractivity (Wildman–Crippen MR) is 152 cm³/mol. The predicted octanol–water partition coefficient (Wildman–Crippen LogP) is 5.02. The molecule has 0 saturated heterocycles. The fourth-order valence-corrected chi connectivity index (χ4v) is 6.27. The lowest BCUT2D eigenvalue weighted by Crippen LogP contribution is -2.32. The summed E-state index contributed by atoms with van der Waals surface area (Å²) in [5.41, 5.74) is 4.52. The van der Waals surface area contributed by atoms with Crippen molar-refractivity contribution in [3.8, 4) is 11.5 Å². The highest BCUT2D eigenvalue weighted by Gasteiger charge is 2.24. The Morgan fingerprint density at radius 3 is 2.82 bits per heavy atom. The maximum atomic E-state index is 13.1. The second-order valence-electron chi connectivity index (χ2n) is 9.28. The summed E-state index contributed by atoms with van der Waals surface area (Å²) in [5.74, 6) is 1.05. The number of fused-ring (bicyclic) bond motifs is 3. The van der Waals surface area contributed by atoms with Crippen LogP contribution in [-0.2, 0) is 30.8 Å². The van der Waals surface area contributed by atoms with E-state index in [4.69, 9.17) is 32.7 Å². The number of halogens is 2. The van der Waals surface area contributed by atoms with Crippen LogP contribution >= 0.6 is 34.5 Å². The molecule has 1 unspecified atom stereocenters. The number of methoxy groups -OCH3 is 1. The Morgan fingerprint density at radius 2 is 2.05 bits per heavy atom.